The topological polar surface area (TPSA) is 122 Å². The van der Waals surface area contributed by atoms with E-state index in [1.165, 1.54) is 4.57 Å². The highest BCUT2D eigenvalue weighted by Gasteiger charge is 2.14. The molecule has 0 bridgehead atoms. The van der Waals surface area contributed by atoms with Gasteiger partial charge in [-0.05, 0) is 55.8 Å². The Balaban J connectivity index is 1.69. The van der Waals surface area contributed by atoms with Gasteiger partial charge in [0.25, 0.3) is 11.5 Å². The molecule has 180 valence electrons. The van der Waals surface area contributed by atoms with Crippen LogP contribution in [0.15, 0.2) is 53.3 Å². The van der Waals surface area contributed by atoms with Gasteiger partial charge < -0.3 is 24.7 Å². The number of aromatic nitrogens is 1. The number of pyridine rings is 1. The van der Waals surface area contributed by atoms with Gasteiger partial charge in [-0.2, -0.15) is 5.26 Å². The van der Waals surface area contributed by atoms with Gasteiger partial charge in [-0.3, -0.25) is 14.4 Å². The molecule has 0 aliphatic rings. The van der Waals surface area contributed by atoms with Crippen LogP contribution in [0.4, 0.5) is 5.69 Å². The molecule has 0 aliphatic carbocycles. The number of carbonyl (C=O) groups is 2. The monoisotopic (exact) mass is 474 g/mol. The molecule has 3 aromatic rings. The number of nitrogens with one attached hydrogen (secondary N) is 2. The minimum absolute atomic E-state index is 0.00978. The summed E-state index contributed by atoms with van der Waals surface area (Å²) in [5.74, 6) is 0.450. The lowest BCUT2D eigenvalue weighted by Gasteiger charge is -2.13. The molecule has 0 saturated carbocycles. The van der Waals surface area contributed by atoms with E-state index in [0.29, 0.717) is 34.0 Å². The average Bonchev–Trinajstić information content (AvgIpc) is 2.85. The van der Waals surface area contributed by atoms with Crippen molar-refractivity contribution < 1.29 is 19.1 Å². The first-order chi connectivity index (χ1) is 16.8. The van der Waals surface area contributed by atoms with Crippen molar-refractivity contribution in [3.63, 3.8) is 0 Å². The smallest absolute Gasteiger partial charge is 0.269 e. The van der Waals surface area contributed by atoms with Gasteiger partial charge in [-0.1, -0.05) is 6.07 Å². The van der Waals surface area contributed by atoms with Gasteiger partial charge >= 0.3 is 0 Å². The number of amides is 2. The van der Waals surface area contributed by atoms with Crippen LogP contribution in [-0.4, -0.2) is 30.6 Å². The largest absolute Gasteiger partial charge is 0.497 e. The van der Waals surface area contributed by atoms with Gasteiger partial charge in [0.2, 0.25) is 5.91 Å². The fourth-order valence-corrected chi connectivity index (χ4v) is 3.62. The van der Waals surface area contributed by atoms with Crippen LogP contribution in [0.25, 0.3) is 0 Å². The Morgan fingerprint density at radius 1 is 1.06 bits per heavy atom. The second-order valence-electron chi connectivity index (χ2n) is 7.84. The maximum absolute atomic E-state index is 12.7. The zero-order valence-corrected chi connectivity index (χ0v) is 20.0. The minimum atomic E-state index is -0.512. The van der Waals surface area contributed by atoms with Crippen LogP contribution in [-0.2, 0) is 17.9 Å². The standard InChI is InChI=1S/C26H26N4O5/c1-16-10-17(2)30(26(33)22(16)13-27)15-24(31)29-20-7-5-6-18(11-20)25(32)28-14-19-8-9-21(34-3)12-23(19)35-4/h5-12H,14-15H2,1-4H3,(H,28,32)(H,29,31). The van der Waals surface area contributed by atoms with Crippen molar-refractivity contribution in [1.29, 1.82) is 5.26 Å². The van der Waals surface area contributed by atoms with Gasteiger partial charge in [0.05, 0.1) is 14.2 Å². The Kier molecular flexibility index (Phi) is 7.89. The van der Waals surface area contributed by atoms with Crippen molar-refractivity contribution >= 4 is 17.5 Å². The van der Waals surface area contributed by atoms with E-state index in [1.807, 2.05) is 6.07 Å². The number of benzene rings is 2. The molecule has 0 radical (unpaired) electrons. The lowest BCUT2D eigenvalue weighted by Crippen LogP contribution is -2.31. The highest BCUT2D eigenvalue weighted by Crippen LogP contribution is 2.24. The fraction of sp³-hybridized carbons (Fsp3) is 0.231. The Hall–Kier alpha value is -4.58. The Bertz CT molecular complexity index is 1370. The zero-order valence-electron chi connectivity index (χ0n) is 20.0. The third-order valence-corrected chi connectivity index (χ3v) is 5.46. The minimum Gasteiger partial charge on any atom is -0.497 e. The van der Waals surface area contributed by atoms with E-state index in [4.69, 9.17) is 9.47 Å². The highest BCUT2D eigenvalue weighted by atomic mass is 16.5. The quantitative estimate of drug-likeness (QED) is 0.518. The summed E-state index contributed by atoms with van der Waals surface area (Å²) in [5, 5.41) is 14.8. The predicted molar refractivity (Wildman–Crippen MR) is 131 cm³/mol. The molecule has 9 nitrogen and oxygen atoms in total. The second-order valence-corrected chi connectivity index (χ2v) is 7.84. The molecule has 2 aromatic carbocycles. The number of anilines is 1. The molecule has 0 spiro atoms. The number of rotatable bonds is 8. The maximum Gasteiger partial charge on any atom is 0.269 e. The van der Waals surface area contributed by atoms with E-state index >= 15 is 0 Å². The van der Waals surface area contributed by atoms with Gasteiger partial charge in [0.15, 0.2) is 0 Å². The molecule has 0 unspecified atom stereocenters. The van der Waals surface area contributed by atoms with E-state index in [9.17, 15) is 19.6 Å². The van der Waals surface area contributed by atoms with Crippen LogP contribution in [0.3, 0.4) is 0 Å². The van der Waals surface area contributed by atoms with Crippen LogP contribution < -0.4 is 25.7 Å². The molecule has 0 saturated heterocycles. The van der Waals surface area contributed by atoms with E-state index < -0.39 is 11.5 Å². The molecular formula is C26H26N4O5. The first kappa shape index (κ1) is 25.1. The fourth-order valence-electron chi connectivity index (χ4n) is 3.62. The Labute approximate surface area is 202 Å². The molecule has 0 fully saturated rings. The summed E-state index contributed by atoms with van der Waals surface area (Å²) in [4.78, 5) is 37.8. The number of nitriles is 1. The van der Waals surface area contributed by atoms with Crippen molar-refractivity contribution in [3.8, 4) is 17.6 Å². The summed E-state index contributed by atoms with van der Waals surface area (Å²) in [7, 11) is 3.10. The number of hydrogen-bond acceptors (Lipinski definition) is 6. The number of hydrogen-bond donors (Lipinski definition) is 2. The molecule has 35 heavy (non-hydrogen) atoms. The molecule has 9 heteroatoms. The van der Waals surface area contributed by atoms with Gasteiger partial charge in [0.1, 0.15) is 29.7 Å². The lowest BCUT2D eigenvalue weighted by atomic mass is 10.1. The molecule has 1 heterocycles. The average molecular weight is 475 g/mol. The molecule has 3 rings (SSSR count). The lowest BCUT2D eigenvalue weighted by molar-refractivity contribution is -0.116. The van der Waals surface area contributed by atoms with Crippen LogP contribution in [0, 0.1) is 25.2 Å². The van der Waals surface area contributed by atoms with Crippen molar-refractivity contribution in [2.75, 3.05) is 19.5 Å². The number of carbonyl (C=O) groups excluding carboxylic acids is 2. The number of ether oxygens (including phenoxy) is 2. The summed E-state index contributed by atoms with van der Waals surface area (Å²) < 4.78 is 11.8. The van der Waals surface area contributed by atoms with Crippen molar-refractivity contribution in [2.45, 2.75) is 26.9 Å². The van der Waals surface area contributed by atoms with E-state index in [1.54, 1.807) is 76.6 Å². The first-order valence-electron chi connectivity index (χ1n) is 10.8. The molecule has 2 N–H and O–H groups in total. The third-order valence-electron chi connectivity index (χ3n) is 5.46. The molecular weight excluding hydrogens is 448 g/mol. The molecule has 0 aliphatic heterocycles. The van der Waals surface area contributed by atoms with E-state index in [0.717, 1.165) is 5.56 Å². The van der Waals surface area contributed by atoms with Crippen LogP contribution in [0.1, 0.15) is 32.7 Å². The normalized spacial score (nSPS) is 10.3. The summed E-state index contributed by atoms with van der Waals surface area (Å²) >= 11 is 0. The molecule has 2 amide bonds. The van der Waals surface area contributed by atoms with Crippen LogP contribution in [0.5, 0.6) is 11.5 Å². The zero-order chi connectivity index (χ0) is 25.5. The summed E-state index contributed by atoms with van der Waals surface area (Å²) in [6, 6.07) is 15.4. The number of nitrogens with zero attached hydrogens (tertiary/aromatic N) is 2. The maximum atomic E-state index is 12.7. The number of aryl methyl sites for hydroxylation is 2. The van der Waals surface area contributed by atoms with E-state index in [-0.39, 0.29) is 24.6 Å². The molecule has 0 atom stereocenters. The number of methoxy groups -OCH3 is 2. The second kappa shape index (κ2) is 11.0. The summed E-state index contributed by atoms with van der Waals surface area (Å²) in [5.41, 5.74) is 2.18. The van der Waals surface area contributed by atoms with Gasteiger partial charge in [-0.15, -0.1) is 0 Å². The van der Waals surface area contributed by atoms with Gasteiger partial charge in [-0.25, -0.2) is 0 Å². The SMILES string of the molecule is COc1ccc(CNC(=O)c2cccc(NC(=O)Cn3c(C)cc(C)c(C#N)c3=O)c2)c(OC)c1. The Morgan fingerprint density at radius 3 is 2.51 bits per heavy atom. The van der Waals surface area contributed by atoms with Crippen molar-refractivity contribution in [3.05, 3.63) is 86.8 Å². The van der Waals surface area contributed by atoms with Crippen molar-refractivity contribution in [2.24, 2.45) is 0 Å². The highest BCUT2D eigenvalue weighted by molar-refractivity contribution is 5.97. The van der Waals surface area contributed by atoms with Crippen LogP contribution >= 0.6 is 0 Å². The van der Waals surface area contributed by atoms with Crippen molar-refractivity contribution in [1.82, 2.24) is 9.88 Å². The first-order valence-corrected chi connectivity index (χ1v) is 10.8. The predicted octanol–water partition coefficient (Wildman–Crippen LogP) is 2.92. The van der Waals surface area contributed by atoms with E-state index in [2.05, 4.69) is 10.6 Å². The Morgan fingerprint density at radius 2 is 1.83 bits per heavy atom. The van der Waals surface area contributed by atoms with Gasteiger partial charge in [0, 0.05) is 35.1 Å². The third kappa shape index (κ3) is 5.86. The summed E-state index contributed by atoms with van der Waals surface area (Å²) in [6.07, 6.45) is 0. The summed E-state index contributed by atoms with van der Waals surface area (Å²) in [6.45, 7) is 3.36. The van der Waals surface area contributed by atoms with Crippen LogP contribution in [0.2, 0.25) is 0 Å². The molecule has 1 aromatic heterocycles.